The molecule has 1 amide bonds. The zero-order chi connectivity index (χ0) is 22.6. The van der Waals surface area contributed by atoms with Crippen LogP contribution in [0.15, 0.2) is 18.2 Å². The van der Waals surface area contributed by atoms with Gasteiger partial charge in [0.05, 0.1) is 30.1 Å². The molecule has 1 aromatic rings. The van der Waals surface area contributed by atoms with Gasteiger partial charge in [-0.15, -0.1) is 0 Å². The first-order valence-corrected chi connectivity index (χ1v) is 10.6. The van der Waals surface area contributed by atoms with Crippen molar-refractivity contribution in [3.8, 4) is 5.75 Å². The molecule has 4 rings (SSSR count). The van der Waals surface area contributed by atoms with Crippen LogP contribution in [-0.4, -0.2) is 46.9 Å². The van der Waals surface area contributed by atoms with Crippen LogP contribution in [0.5, 0.6) is 5.75 Å². The van der Waals surface area contributed by atoms with Gasteiger partial charge in [-0.3, -0.25) is 24.0 Å². The summed E-state index contributed by atoms with van der Waals surface area (Å²) in [4.78, 5) is 63.9. The number of benzene rings is 1. The average molecular weight is 427 g/mol. The molecule has 3 unspecified atom stereocenters. The van der Waals surface area contributed by atoms with Crippen molar-refractivity contribution in [3.63, 3.8) is 0 Å². The van der Waals surface area contributed by atoms with Gasteiger partial charge in [0.1, 0.15) is 5.75 Å². The van der Waals surface area contributed by atoms with Gasteiger partial charge in [-0.1, -0.05) is 26.0 Å². The van der Waals surface area contributed by atoms with Gasteiger partial charge in [-0.2, -0.15) is 0 Å². The van der Waals surface area contributed by atoms with E-state index in [0.29, 0.717) is 23.5 Å². The highest BCUT2D eigenvalue weighted by Crippen LogP contribution is 2.52. The van der Waals surface area contributed by atoms with Crippen LogP contribution in [0.1, 0.15) is 48.5 Å². The maximum Gasteiger partial charge on any atom is 0.235 e. The standard InChI is InChI=1S/C23H25NO7/c1-3-7-31-13-6-4-5-10-9(2)14-18(20(27)15(10)13)22(29)16-11(19(14)26)8-12(25)17(21(16)28)23(24)30/h4-6,9,11,14,16-19,26H,3,7-8H2,1-2H3,(H2,24,30)/t9-,11-,14+,16?,17?,18?,19+/m0/s1. The Morgan fingerprint density at radius 1 is 1.16 bits per heavy atom. The summed E-state index contributed by atoms with van der Waals surface area (Å²) in [7, 11) is 0. The maximum atomic E-state index is 13.5. The highest BCUT2D eigenvalue weighted by atomic mass is 16.5. The first-order chi connectivity index (χ1) is 14.7. The maximum absolute atomic E-state index is 13.5. The minimum atomic E-state index is -1.71. The second-order valence-corrected chi connectivity index (χ2v) is 8.72. The van der Waals surface area contributed by atoms with E-state index < -0.39 is 64.7 Å². The number of aliphatic hydroxyl groups excluding tert-OH is 1. The van der Waals surface area contributed by atoms with E-state index in [1.54, 1.807) is 18.2 Å². The average Bonchev–Trinajstić information content (AvgIpc) is 2.72. The Bertz CT molecular complexity index is 1000. The number of rotatable bonds is 4. The third kappa shape index (κ3) is 3.04. The lowest BCUT2D eigenvalue weighted by molar-refractivity contribution is -0.160. The minimum Gasteiger partial charge on any atom is -0.493 e. The lowest BCUT2D eigenvalue weighted by Crippen LogP contribution is -2.62. The minimum absolute atomic E-state index is 0.298. The van der Waals surface area contributed by atoms with Crippen LogP contribution in [0.2, 0.25) is 0 Å². The lowest BCUT2D eigenvalue weighted by Gasteiger charge is -2.49. The van der Waals surface area contributed by atoms with E-state index in [9.17, 15) is 29.1 Å². The predicted octanol–water partition coefficient (Wildman–Crippen LogP) is 0.827. The molecule has 1 aromatic carbocycles. The number of fused-ring (bicyclic) bond motifs is 3. The van der Waals surface area contributed by atoms with Gasteiger partial charge in [0, 0.05) is 18.3 Å². The Morgan fingerprint density at radius 2 is 1.87 bits per heavy atom. The number of amides is 1. The first-order valence-electron chi connectivity index (χ1n) is 10.6. The van der Waals surface area contributed by atoms with Gasteiger partial charge in [0.25, 0.3) is 0 Å². The van der Waals surface area contributed by atoms with Crippen molar-refractivity contribution < 1.29 is 33.8 Å². The number of nitrogens with two attached hydrogens (primary N) is 1. The molecule has 0 aromatic heterocycles. The third-order valence-electron chi connectivity index (χ3n) is 7.01. The zero-order valence-corrected chi connectivity index (χ0v) is 17.4. The van der Waals surface area contributed by atoms with E-state index in [4.69, 9.17) is 10.5 Å². The molecule has 3 N–H and O–H groups in total. The topological polar surface area (TPSA) is 141 Å². The molecule has 0 radical (unpaired) electrons. The van der Waals surface area contributed by atoms with Crippen molar-refractivity contribution in [2.24, 2.45) is 35.3 Å². The van der Waals surface area contributed by atoms with Crippen molar-refractivity contribution >= 4 is 29.0 Å². The molecule has 2 fully saturated rings. The molecule has 2 saturated carbocycles. The summed E-state index contributed by atoms with van der Waals surface area (Å²) in [6, 6.07) is 5.20. The summed E-state index contributed by atoms with van der Waals surface area (Å²) < 4.78 is 5.74. The predicted molar refractivity (Wildman–Crippen MR) is 107 cm³/mol. The van der Waals surface area contributed by atoms with E-state index in [1.165, 1.54) is 0 Å². The number of hydrogen-bond donors (Lipinski definition) is 2. The molecule has 0 heterocycles. The molecule has 3 aliphatic carbocycles. The Kier molecular flexibility index (Phi) is 5.29. The molecule has 8 nitrogen and oxygen atoms in total. The van der Waals surface area contributed by atoms with Crippen molar-refractivity contribution in [1.29, 1.82) is 0 Å². The van der Waals surface area contributed by atoms with Crippen LogP contribution in [-0.2, 0) is 19.2 Å². The summed E-state index contributed by atoms with van der Waals surface area (Å²) >= 11 is 0. The van der Waals surface area contributed by atoms with Crippen LogP contribution in [0.4, 0.5) is 0 Å². The molecular formula is C23H25NO7. The number of primary amides is 1. The summed E-state index contributed by atoms with van der Waals surface area (Å²) in [5.74, 6) is -9.90. The number of carbonyl (C=O) groups is 5. The number of aliphatic hydroxyl groups is 1. The molecule has 0 bridgehead atoms. The molecule has 8 heteroatoms. The lowest BCUT2D eigenvalue weighted by atomic mass is 9.52. The number of Topliss-reactive ketones (excluding diaryl/α,β-unsaturated/α-hetero) is 4. The second-order valence-electron chi connectivity index (χ2n) is 8.72. The summed E-state index contributed by atoms with van der Waals surface area (Å²) in [6.45, 7) is 4.15. The van der Waals surface area contributed by atoms with Crippen LogP contribution in [0.3, 0.4) is 0 Å². The zero-order valence-electron chi connectivity index (χ0n) is 17.4. The fourth-order valence-electron chi connectivity index (χ4n) is 5.63. The smallest absolute Gasteiger partial charge is 0.235 e. The van der Waals surface area contributed by atoms with E-state index in [1.807, 2.05) is 13.8 Å². The van der Waals surface area contributed by atoms with Crippen molar-refractivity contribution in [2.75, 3.05) is 6.61 Å². The van der Waals surface area contributed by atoms with Gasteiger partial charge in [-0.05, 0) is 24.0 Å². The molecule has 0 spiro atoms. The summed E-state index contributed by atoms with van der Waals surface area (Å²) in [5.41, 5.74) is 6.20. The van der Waals surface area contributed by atoms with Crippen LogP contribution < -0.4 is 10.5 Å². The van der Waals surface area contributed by atoms with Crippen molar-refractivity contribution in [1.82, 2.24) is 0 Å². The van der Waals surface area contributed by atoms with Crippen LogP contribution in [0.25, 0.3) is 0 Å². The normalized spacial score (nSPS) is 34.6. The Morgan fingerprint density at radius 3 is 2.52 bits per heavy atom. The summed E-state index contributed by atoms with van der Waals surface area (Å²) in [5, 5.41) is 11.1. The quantitative estimate of drug-likeness (QED) is 0.678. The first kappa shape index (κ1) is 21.4. The van der Waals surface area contributed by atoms with Gasteiger partial charge >= 0.3 is 0 Å². The largest absolute Gasteiger partial charge is 0.493 e. The molecule has 31 heavy (non-hydrogen) atoms. The number of ketones is 4. The second kappa shape index (κ2) is 7.67. The Balaban J connectivity index is 1.80. The molecule has 164 valence electrons. The number of carbonyl (C=O) groups excluding carboxylic acids is 5. The fraction of sp³-hybridized carbons (Fsp3) is 0.522. The molecule has 7 atom stereocenters. The SMILES string of the molecule is CCCOc1cccc2c1C(=O)C1C(=O)C3C(=O)C(C(N)=O)C(=O)C[C@@H]3[C@@H](O)[C@@H]1[C@H]2C. The van der Waals surface area contributed by atoms with Gasteiger partial charge in [0.15, 0.2) is 29.1 Å². The monoisotopic (exact) mass is 427 g/mol. The fourth-order valence-corrected chi connectivity index (χ4v) is 5.63. The summed E-state index contributed by atoms with van der Waals surface area (Å²) in [6.07, 6.45) is -0.785. The van der Waals surface area contributed by atoms with E-state index in [0.717, 1.165) is 6.42 Å². The highest BCUT2D eigenvalue weighted by Gasteiger charge is 2.62. The number of ether oxygens (including phenoxy) is 1. The van der Waals surface area contributed by atoms with Gasteiger partial charge < -0.3 is 15.6 Å². The van der Waals surface area contributed by atoms with Crippen LogP contribution >= 0.6 is 0 Å². The van der Waals surface area contributed by atoms with Crippen LogP contribution in [0, 0.1) is 29.6 Å². The Hall–Kier alpha value is -2.87. The molecular weight excluding hydrogens is 402 g/mol. The number of hydrogen-bond acceptors (Lipinski definition) is 7. The van der Waals surface area contributed by atoms with E-state index in [-0.39, 0.29) is 12.3 Å². The third-order valence-corrected chi connectivity index (χ3v) is 7.01. The van der Waals surface area contributed by atoms with Gasteiger partial charge in [-0.25, -0.2) is 0 Å². The van der Waals surface area contributed by atoms with Crippen molar-refractivity contribution in [3.05, 3.63) is 29.3 Å². The van der Waals surface area contributed by atoms with E-state index in [2.05, 4.69) is 0 Å². The van der Waals surface area contributed by atoms with E-state index >= 15 is 0 Å². The molecule has 0 saturated heterocycles. The van der Waals surface area contributed by atoms with Crippen molar-refractivity contribution in [2.45, 2.75) is 38.7 Å². The highest BCUT2D eigenvalue weighted by molar-refractivity contribution is 6.27. The van der Waals surface area contributed by atoms with Gasteiger partial charge in [0.2, 0.25) is 5.91 Å². The molecule has 3 aliphatic rings. The Labute approximate surface area is 179 Å². The molecule has 0 aliphatic heterocycles.